The van der Waals surface area contributed by atoms with Gasteiger partial charge in [0.1, 0.15) is 24.5 Å². The molecule has 0 atom stereocenters. The van der Waals surface area contributed by atoms with Crippen molar-refractivity contribution < 1.29 is 38.1 Å². The fourth-order valence-corrected chi connectivity index (χ4v) is 4.52. The predicted octanol–water partition coefficient (Wildman–Crippen LogP) is 5.70. The number of benzene rings is 4. The van der Waals surface area contributed by atoms with Crippen molar-refractivity contribution in [1.29, 1.82) is 0 Å². The molecule has 4 aromatic rings. The molecule has 1 aliphatic rings. The number of methoxy groups -OCH3 is 1. The third-order valence-corrected chi connectivity index (χ3v) is 6.79. The molecule has 0 radical (unpaired) electrons. The van der Waals surface area contributed by atoms with E-state index in [9.17, 15) is 19.2 Å². The van der Waals surface area contributed by atoms with E-state index in [4.69, 9.17) is 14.2 Å². The summed E-state index contributed by atoms with van der Waals surface area (Å²) in [6.45, 7) is 3.08. The van der Waals surface area contributed by atoms with E-state index in [1.807, 2.05) is 55.5 Å². The van der Waals surface area contributed by atoms with Gasteiger partial charge >= 0.3 is 12.0 Å². The van der Waals surface area contributed by atoms with Crippen LogP contribution in [0.3, 0.4) is 0 Å². The molecule has 1 aliphatic heterocycles. The second kappa shape index (κ2) is 14.0. The van der Waals surface area contributed by atoms with Gasteiger partial charge in [0.2, 0.25) is 0 Å². The molecule has 45 heavy (non-hydrogen) atoms. The van der Waals surface area contributed by atoms with Crippen molar-refractivity contribution in [3.05, 3.63) is 125 Å². The molecular weight excluding hydrogens is 576 g/mol. The van der Waals surface area contributed by atoms with Gasteiger partial charge in [-0.1, -0.05) is 48.5 Å². The fraction of sp³-hybridized carbons (Fsp3) is 0.143. The Bertz CT molecular complexity index is 1730. The third kappa shape index (κ3) is 7.37. The van der Waals surface area contributed by atoms with Crippen LogP contribution >= 0.6 is 0 Å². The molecule has 0 saturated carbocycles. The number of urea groups is 1. The van der Waals surface area contributed by atoms with Crippen LogP contribution in [0.15, 0.2) is 103 Å². The van der Waals surface area contributed by atoms with Crippen molar-refractivity contribution in [3.63, 3.8) is 0 Å². The fourth-order valence-electron chi connectivity index (χ4n) is 4.52. The van der Waals surface area contributed by atoms with E-state index < -0.39 is 23.8 Å². The Morgan fingerprint density at radius 3 is 2.18 bits per heavy atom. The molecule has 4 amide bonds. The largest absolute Gasteiger partial charge is 0.490 e. The lowest BCUT2D eigenvalue weighted by molar-refractivity contribution is -0.122. The summed E-state index contributed by atoms with van der Waals surface area (Å²) in [6.07, 6.45) is 1.40. The van der Waals surface area contributed by atoms with E-state index in [1.165, 1.54) is 37.5 Å². The van der Waals surface area contributed by atoms with E-state index in [0.29, 0.717) is 36.0 Å². The smallest absolute Gasteiger partial charge is 0.337 e. The SMILES string of the molecule is CCOc1cc(COc2ccc(/C=C3/C(=O)NC(=O)N(c4ccc(C(=O)OC)cc4)C3=O)cc2)ccc1OCc1ccccc1. The summed E-state index contributed by atoms with van der Waals surface area (Å²) in [5.74, 6) is -0.330. The number of ether oxygens (including phenoxy) is 4. The molecule has 0 aliphatic carbocycles. The van der Waals surface area contributed by atoms with Gasteiger partial charge in [0, 0.05) is 0 Å². The number of nitrogens with zero attached hydrogens (tertiary/aromatic N) is 1. The first-order valence-electron chi connectivity index (χ1n) is 14.1. The molecule has 10 heteroatoms. The molecular formula is C35H30N2O8. The van der Waals surface area contributed by atoms with Crippen molar-refractivity contribution in [2.45, 2.75) is 20.1 Å². The average molecular weight is 607 g/mol. The van der Waals surface area contributed by atoms with Crippen LogP contribution in [0, 0.1) is 0 Å². The summed E-state index contributed by atoms with van der Waals surface area (Å²) in [4.78, 5) is 50.8. The monoisotopic (exact) mass is 606 g/mol. The quantitative estimate of drug-likeness (QED) is 0.131. The molecule has 5 rings (SSSR count). The zero-order chi connectivity index (χ0) is 31.8. The van der Waals surface area contributed by atoms with Gasteiger partial charge in [-0.15, -0.1) is 0 Å². The van der Waals surface area contributed by atoms with Gasteiger partial charge in [-0.05, 0) is 78.2 Å². The number of barbiturate groups is 1. The summed E-state index contributed by atoms with van der Waals surface area (Å²) in [5, 5.41) is 2.18. The van der Waals surface area contributed by atoms with Gasteiger partial charge in [0.15, 0.2) is 11.5 Å². The number of rotatable bonds is 11. The van der Waals surface area contributed by atoms with Crippen LogP contribution in [0.2, 0.25) is 0 Å². The number of hydrogen-bond acceptors (Lipinski definition) is 8. The molecule has 0 bridgehead atoms. The number of esters is 1. The van der Waals surface area contributed by atoms with E-state index in [-0.39, 0.29) is 23.4 Å². The second-order valence-electron chi connectivity index (χ2n) is 9.84. The number of nitrogens with one attached hydrogen (secondary N) is 1. The highest BCUT2D eigenvalue weighted by Crippen LogP contribution is 2.30. The van der Waals surface area contributed by atoms with Crippen molar-refractivity contribution in [3.8, 4) is 17.2 Å². The van der Waals surface area contributed by atoms with Crippen LogP contribution in [-0.4, -0.2) is 37.5 Å². The summed E-state index contributed by atoms with van der Waals surface area (Å²) < 4.78 is 22.4. The van der Waals surface area contributed by atoms with Gasteiger partial charge in [-0.3, -0.25) is 14.9 Å². The van der Waals surface area contributed by atoms with Gasteiger partial charge < -0.3 is 18.9 Å². The van der Waals surface area contributed by atoms with E-state index in [1.54, 1.807) is 24.3 Å². The molecule has 1 fully saturated rings. The van der Waals surface area contributed by atoms with Gasteiger partial charge in [-0.2, -0.15) is 0 Å². The zero-order valence-electron chi connectivity index (χ0n) is 24.6. The number of amides is 4. The van der Waals surface area contributed by atoms with E-state index in [2.05, 4.69) is 10.1 Å². The van der Waals surface area contributed by atoms with Crippen LogP contribution in [0.25, 0.3) is 6.08 Å². The number of carbonyl (C=O) groups is 4. The van der Waals surface area contributed by atoms with E-state index >= 15 is 0 Å². The zero-order valence-corrected chi connectivity index (χ0v) is 24.6. The van der Waals surface area contributed by atoms with Crippen LogP contribution in [-0.2, 0) is 27.5 Å². The molecule has 0 aromatic heterocycles. The molecule has 1 N–H and O–H groups in total. The number of imide groups is 2. The molecule has 228 valence electrons. The molecule has 10 nitrogen and oxygen atoms in total. The highest BCUT2D eigenvalue weighted by molar-refractivity contribution is 6.39. The minimum atomic E-state index is -0.889. The summed E-state index contributed by atoms with van der Waals surface area (Å²) in [6, 6.07) is 27.1. The van der Waals surface area contributed by atoms with Crippen molar-refractivity contribution in [2.75, 3.05) is 18.6 Å². The van der Waals surface area contributed by atoms with Crippen molar-refractivity contribution in [1.82, 2.24) is 5.32 Å². The first-order valence-corrected chi connectivity index (χ1v) is 14.1. The maximum atomic E-state index is 13.2. The Kier molecular flexibility index (Phi) is 9.54. The lowest BCUT2D eigenvalue weighted by Gasteiger charge is -2.26. The van der Waals surface area contributed by atoms with Crippen molar-refractivity contribution >= 4 is 35.6 Å². The topological polar surface area (TPSA) is 120 Å². The minimum absolute atomic E-state index is 0.190. The first-order chi connectivity index (χ1) is 21.9. The van der Waals surface area contributed by atoms with Crippen LogP contribution in [0.4, 0.5) is 10.5 Å². The Balaban J connectivity index is 1.24. The number of carbonyl (C=O) groups excluding carboxylic acids is 4. The lowest BCUT2D eigenvalue weighted by atomic mass is 10.1. The maximum Gasteiger partial charge on any atom is 0.337 e. The van der Waals surface area contributed by atoms with Crippen molar-refractivity contribution in [2.24, 2.45) is 0 Å². The number of anilines is 1. The Labute approximate surface area is 259 Å². The van der Waals surface area contributed by atoms with Gasteiger partial charge in [0.25, 0.3) is 11.8 Å². The van der Waals surface area contributed by atoms with Gasteiger partial charge in [0.05, 0.1) is 25.0 Å². The number of hydrogen-bond donors (Lipinski definition) is 1. The Morgan fingerprint density at radius 1 is 0.778 bits per heavy atom. The third-order valence-electron chi connectivity index (χ3n) is 6.79. The average Bonchev–Trinajstić information content (AvgIpc) is 3.06. The molecule has 0 unspecified atom stereocenters. The minimum Gasteiger partial charge on any atom is -0.490 e. The summed E-state index contributed by atoms with van der Waals surface area (Å²) in [5.41, 5.74) is 2.70. The lowest BCUT2D eigenvalue weighted by Crippen LogP contribution is -2.54. The van der Waals surface area contributed by atoms with Crippen LogP contribution in [0.5, 0.6) is 17.2 Å². The highest BCUT2D eigenvalue weighted by Gasteiger charge is 2.36. The van der Waals surface area contributed by atoms with E-state index in [0.717, 1.165) is 16.0 Å². The highest BCUT2D eigenvalue weighted by atomic mass is 16.5. The Hall–Kier alpha value is -5.90. The Morgan fingerprint density at radius 2 is 1.49 bits per heavy atom. The molecule has 4 aromatic carbocycles. The van der Waals surface area contributed by atoms with Crippen LogP contribution < -0.4 is 24.4 Å². The first kappa shape index (κ1) is 30.6. The standard InChI is InChI=1S/C35H30N2O8/c1-3-43-31-20-25(11-18-30(31)45-21-24-7-5-4-6-8-24)22-44-28-16-9-23(10-17-28)19-29-32(38)36-35(41)37(33(29)39)27-14-12-26(13-15-27)34(40)42-2/h4-20H,3,21-22H2,1-2H3,(H,36,38,41)/b29-19-. The summed E-state index contributed by atoms with van der Waals surface area (Å²) >= 11 is 0. The summed E-state index contributed by atoms with van der Waals surface area (Å²) in [7, 11) is 1.25. The van der Waals surface area contributed by atoms with Gasteiger partial charge in [-0.25, -0.2) is 14.5 Å². The predicted molar refractivity (Wildman–Crippen MR) is 166 cm³/mol. The van der Waals surface area contributed by atoms with Crippen LogP contribution in [0.1, 0.15) is 34.0 Å². The molecule has 0 spiro atoms. The second-order valence-corrected chi connectivity index (χ2v) is 9.84. The molecule has 1 saturated heterocycles. The maximum absolute atomic E-state index is 13.2. The molecule has 1 heterocycles. The normalized spacial score (nSPS) is 13.8.